The summed E-state index contributed by atoms with van der Waals surface area (Å²) in [5.41, 5.74) is -0.129. The molecule has 0 aromatic heterocycles. The van der Waals surface area contributed by atoms with E-state index in [1.807, 2.05) is 0 Å². The van der Waals surface area contributed by atoms with E-state index in [2.05, 4.69) is 5.18 Å². The molecule has 1 aromatic rings. The third kappa shape index (κ3) is 4.86. The minimum Gasteiger partial charge on any atom is -0.504 e. The molecule has 0 amide bonds. The maximum Gasteiger partial charge on any atom is 0.338 e. The highest BCUT2D eigenvalue weighted by Crippen LogP contribution is 2.25. The van der Waals surface area contributed by atoms with Crippen molar-refractivity contribution in [1.82, 2.24) is 0 Å². The number of esters is 1. The molecular formula is C13H17NO9. The third-order valence-electron chi connectivity index (χ3n) is 3.06. The van der Waals surface area contributed by atoms with Crippen molar-refractivity contribution in [3.05, 3.63) is 28.7 Å². The molecule has 1 aromatic carbocycles. The molecule has 23 heavy (non-hydrogen) atoms. The van der Waals surface area contributed by atoms with Gasteiger partial charge in [-0.3, -0.25) is 0 Å². The zero-order valence-corrected chi connectivity index (χ0v) is 11.8. The van der Waals surface area contributed by atoms with Crippen LogP contribution in [0.25, 0.3) is 0 Å². The second-order valence-corrected chi connectivity index (χ2v) is 4.71. The summed E-state index contributed by atoms with van der Waals surface area (Å²) in [6.07, 6.45) is -5.42. The highest BCUT2D eigenvalue weighted by atomic mass is 16.5. The van der Waals surface area contributed by atoms with Crippen molar-refractivity contribution >= 4 is 5.97 Å². The van der Waals surface area contributed by atoms with Crippen LogP contribution in [0.3, 0.4) is 0 Å². The largest absolute Gasteiger partial charge is 0.504 e. The van der Waals surface area contributed by atoms with Crippen LogP contribution in [-0.4, -0.2) is 74.2 Å². The van der Waals surface area contributed by atoms with Crippen molar-refractivity contribution in [2.75, 3.05) is 13.2 Å². The molecule has 0 fully saturated rings. The average molecular weight is 331 g/mol. The molecule has 10 nitrogen and oxygen atoms in total. The minimum atomic E-state index is -1.87. The number of carbonyl (C=O) groups is 1. The Morgan fingerprint density at radius 1 is 1.13 bits per heavy atom. The van der Waals surface area contributed by atoms with Gasteiger partial charge >= 0.3 is 5.97 Å². The second kappa shape index (κ2) is 8.39. The van der Waals surface area contributed by atoms with Gasteiger partial charge in [0.2, 0.25) is 0 Å². The Morgan fingerprint density at radius 2 is 1.78 bits per heavy atom. The lowest BCUT2D eigenvalue weighted by Crippen LogP contribution is -2.46. The number of aromatic hydroxyl groups is 2. The number of benzene rings is 1. The summed E-state index contributed by atoms with van der Waals surface area (Å²) in [7, 11) is 0. The molecule has 0 aliphatic rings. The van der Waals surface area contributed by atoms with Gasteiger partial charge in [-0.15, -0.1) is 0 Å². The van der Waals surface area contributed by atoms with Crippen LogP contribution in [0, 0.1) is 4.91 Å². The molecule has 4 atom stereocenters. The molecule has 0 bridgehead atoms. The lowest BCUT2D eigenvalue weighted by Gasteiger charge is -2.24. The summed E-state index contributed by atoms with van der Waals surface area (Å²) >= 11 is 0. The number of hydrogen-bond donors (Lipinski definition) is 6. The summed E-state index contributed by atoms with van der Waals surface area (Å²) in [4.78, 5) is 22.4. The number of aliphatic hydroxyl groups excluding tert-OH is 4. The number of phenols is 2. The van der Waals surface area contributed by atoms with Gasteiger partial charge in [-0.25, -0.2) is 4.79 Å². The molecule has 0 aliphatic heterocycles. The van der Waals surface area contributed by atoms with Crippen molar-refractivity contribution in [3.8, 4) is 11.5 Å². The molecule has 0 spiro atoms. The van der Waals surface area contributed by atoms with Crippen molar-refractivity contribution < 1.29 is 40.2 Å². The Balaban J connectivity index is 2.68. The summed E-state index contributed by atoms with van der Waals surface area (Å²) in [6, 6.07) is 1.56. The first-order chi connectivity index (χ1) is 10.8. The molecular weight excluding hydrogens is 314 g/mol. The zero-order chi connectivity index (χ0) is 17.6. The SMILES string of the molecule is O=NC(COC(=O)c1ccc(O)c(O)c1)C(O)C(O)C(O)CO. The highest BCUT2D eigenvalue weighted by molar-refractivity contribution is 5.90. The predicted molar refractivity (Wildman–Crippen MR) is 74.7 cm³/mol. The second-order valence-electron chi connectivity index (χ2n) is 4.71. The monoisotopic (exact) mass is 331 g/mol. The molecule has 128 valence electrons. The number of nitroso groups, excluding NO2 is 1. The van der Waals surface area contributed by atoms with E-state index in [1.54, 1.807) is 0 Å². The molecule has 6 N–H and O–H groups in total. The molecule has 0 saturated heterocycles. The predicted octanol–water partition coefficient (Wildman–Crippen LogP) is -1.54. The number of ether oxygens (including phenoxy) is 1. The fourth-order valence-corrected chi connectivity index (χ4v) is 1.65. The van der Waals surface area contributed by atoms with Crippen LogP contribution in [0.5, 0.6) is 11.5 Å². The van der Waals surface area contributed by atoms with Crippen LogP contribution in [-0.2, 0) is 4.74 Å². The van der Waals surface area contributed by atoms with E-state index in [4.69, 9.17) is 14.9 Å². The van der Waals surface area contributed by atoms with Gasteiger partial charge in [0.25, 0.3) is 0 Å². The van der Waals surface area contributed by atoms with Crippen LogP contribution in [0.15, 0.2) is 23.4 Å². The van der Waals surface area contributed by atoms with Gasteiger partial charge in [-0.1, -0.05) is 5.18 Å². The normalized spacial score (nSPS) is 16.2. The van der Waals surface area contributed by atoms with Gasteiger partial charge in [0, 0.05) is 0 Å². The average Bonchev–Trinajstić information content (AvgIpc) is 2.55. The fourth-order valence-electron chi connectivity index (χ4n) is 1.65. The number of aliphatic hydroxyl groups is 4. The van der Waals surface area contributed by atoms with Gasteiger partial charge in [0.15, 0.2) is 17.5 Å². The molecule has 0 radical (unpaired) electrons. The van der Waals surface area contributed by atoms with E-state index in [0.29, 0.717) is 0 Å². The number of rotatable bonds is 8. The van der Waals surface area contributed by atoms with Crippen molar-refractivity contribution in [3.63, 3.8) is 0 Å². The smallest absolute Gasteiger partial charge is 0.338 e. The van der Waals surface area contributed by atoms with E-state index in [1.165, 1.54) is 0 Å². The van der Waals surface area contributed by atoms with Crippen LogP contribution in [0.2, 0.25) is 0 Å². The summed E-state index contributed by atoms with van der Waals surface area (Å²) in [6.45, 7) is -1.56. The van der Waals surface area contributed by atoms with E-state index in [-0.39, 0.29) is 5.56 Å². The number of carbonyl (C=O) groups excluding carboxylic acids is 1. The van der Waals surface area contributed by atoms with E-state index < -0.39 is 55.0 Å². The van der Waals surface area contributed by atoms with Gasteiger partial charge in [0.05, 0.1) is 12.2 Å². The van der Waals surface area contributed by atoms with Crippen LogP contribution < -0.4 is 0 Å². The molecule has 4 unspecified atom stereocenters. The number of hydrogen-bond acceptors (Lipinski definition) is 10. The first-order valence-electron chi connectivity index (χ1n) is 6.48. The number of phenolic OH excluding ortho intramolecular Hbond substituents is 2. The molecule has 10 heteroatoms. The van der Waals surface area contributed by atoms with Crippen molar-refractivity contribution in [1.29, 1.82) is 0 Å². The van der Waals surface area contributed by atoms with E-state index >= 15 is 0 Å². The quantitative estimate of drug-likeness (QED) is 0.187. The Morgan fingerprint density at radius 3 is 2.30 bits per heavy atom. The zero-order valence-electron chi connectivity index (χ0n) is 11.8. The Hall–Kier alpha value is -2.27. The highest BCUT2D eigenvalue weighted by Gasteiger charge is 2.33. The Bertz CT molecular complexity index is 550. The third-order valence-corrected chi connectivity index (χ3v) is 3.06. The summed E-state index contributed by atoms with van der Waals surface area (Å²) < 4.78 is 4.72. The maximum absolute atomic E-state index is 11.7. The van der Waals surface area contributed by atoms with Gasteiger partial charge in [0.1, 0.15) is 24.9 Å². The molecule has 1 rings (SSSR count). The lowest BCUT2D eigenvalue weighted by molar-refractivity contribution is -0.0879. The van der Waals surface area contributed by atoms with Crippen molar-refractivity contribution in [2.45, 2.75) is 24.4 Å². The molecule has 0 heterocycles. The first-order valence-corrected chi connectivity index (χ1v) is 6.48. The van der Waals surface area contributed by atoms with Gasteiger partial charge in [-0.2, -0.15) is 4.91 Å². The lowest BCUT2D eigenvalue weighted by atomic mass is 10.0. The van der Waals surface area contributed by atoms with Gasteiger partial charge < -0.3 is 35.4 Å². The molecule has 0 saturated carbocycles. The van der Waals surface area contributed by atoms with E-state index in [9.17, 15) is 30.1 Å². The topological polar surface area (TPSA) is 177 Å². The van der Waals surface area contributed by atoms with Crippen LogP contribution >= 0.6 is 0 Å². The van der Waals surface area contributed by atoms with Crippen LogP contribution in [0.1, 0.15) is 10.4 Å². The Labute approximate surface area is 130 Å². The number of nitrogens with zero attached hydrogens (tertiary/aromatic N) is 1. The minimum absolute atomic E-state index is 0.129. The van der Waals surface area contributed by atoms with Crippen LogP contribution in [0.4, 0.5) is 0 Å². The van der Waals surface area contributed by atoms with E-state index in [0.717, 1.165) is 18.2 Å². The Kier molecular flexibility index (Phi) is 6.85. The maximum atomic E-state index is 11.7. The standard InChI is InChI=1S/C13H17NO9/c15-4-10(18)12(20)11(19)7(14-22)5-23-13(21)6-1-2-8(16)9(17)3-6/h1-3,7,10-12,15-20H,4-5H2. The molecule has 0 aliphatic carbocycles. The van der Waals surface area contributed by atoms with Crippen molar-refractivity contribution in [2.24, 2.45) is 5.18 Å². The summed E-state index contributed by atoms with van der Waals surface area (Å²) in [5.74, 6) is -1.96. The van der Waals surface area contributed by atoms with Gasteiger partial charge in [-0.05, 0) is 18.2 Å². The fraction of sp³-hybridized carbons (Fsp3) is 0.462. The summed E-state index contributed by atoms with van der Waals surface area (Å²) in [5, 5.41) is 57.9. The first kappa shape index (κ1) is 18.8.